The first kappa shape index (κ1) is 80.3. The van der Waals surface area contributed by atoms with Crippen molar-refractivity contribution >= 4 is 108 Å². The molecule has 9 aliphatic heterocycles. The van der Waals surface area contributed by atoms with Gasteiger partial charge in [0.1, 0.15) is 73.7 Å². The van der Waals surface area contributed by atoms with Gasteiger partial charge in [0.05, 0.1) is 59.1 Å². The molecule has 0 saturated carbocycles. The summed E-state index contributed by atoms with van der Waals surface area (Å²) in [6.45, 7) is 0. The summed E-state index contributed by atoms with van der Waals surface area (Å²) in [6, 6.07) is 157. The molecule has 9 aliphatic rings. The Hall–Kier alpha value is -20.2. The molecule has 37 rings (SSSR count). The van der Waals surface area contributed by atoms with Gasteiger partial charge in [-0.15, -0.1) is 14.0 Å². The summed E-state index contributed by atoms with van der Waals surface area (Å²) < 4.78 is 53.0. The largest absolute Gasteiger partial charge is 0.456 e. The molecule has 0 fully saturated rings. The molecule has 3 spiro atoms. The van der Waals surface area contributed by atoms with Crippen LogP contribution in [-0.2, 0) is 17.0 Å². The predicted molar refractivity (Wildman–Crippen MR) is 586 cm³/mol. The highest BCUT2D eigenvalue weighted by Gasteiger charge is 2.74. The Bertz CT molecular complexity index is 10800. The van der Waals surface area contributed by atoms with E-state index in [0.29, 0.717) is 0 Å². The minimum absolute atomic E-state index is 0.711. The van der Waals surface area contributed by atoms with Crippen LogP contribution >= 0.6 is 0 Å². The van der Waals surface area contributed by atoms with Gasteiger partial charge in [0.25, 0.3) is 5.82 Å². The van der Waals surface area contributed by atoms with E-state index in [-0.39, 0.29) is 0 Å². The Balaban J connectivity index is 0.0000000943. The Morgan fingerprint density at radius 1 is 0.193 bits per heavy atom. The zero-order chi connectivity index (χ0) is 97.4. The highest BCUT2D eigenvalue weighted by atomic mass is 16.5. The number of rotatable bonds is 6. The van der Waals surface area contributed by atoms with Crippen LogP contribution in [0.15, 0.2) is 493 Å². The van der Waals surface area contributed by atoms with Crippen LogP contribution in [0.3, 0.4) is 0 Å². The maximum Gasteiger partial charge on any atom is 0.452 e. The van der Waals surface area contributed by atoms with Crippen LogP contribution in [-0.4, -0.2) is 23.2 Å². The first-order valence-corrected chi connectivity index (χ1v) is 51.3. The molecule has 20 aromatic carbocycles. The lowest BCUT2D eigenvalue weighted by Gasteiger charge is -2.32. The summed E-state index contributed by atoms with van der Waals surface area (Å²) in [5.74, 6) is 7.90. The van der Waals surface area contributed by atoms with Crippen molar-refractivity contribution in [2.24, 2.45) is 0 Å². The molecule has 0 aliphatic carbocycles. The van der Waals surface area contributed by atoms with E-state index >= 15 is 0 Å². The minimum Gasteiger partial charge on any atom is -0.456 e. The topological polar surface area (TPSA) is 84.9 Å². The van der Waals surface area contributed by atoms with Gasteiger partial charge in [-0.25, -0.2) is 0 Å². The lowest BCUT2D eigenvalue weighted by Crippen LogP contribution is -2.76. The normalized spacial score (nSPS) is 16.0. The second kappa shape index (κ2) is 29.1. The van der Waals surface area contributed by atoms with Crippen LogP contribution in [0.4, 0.5) is 0 Å². The van der Waals surface area contributed by atoms with E-state index in [1.807, 2.05) is 30.3 Å². The molecule has 0 saturated heterocycles. The fourth-order valence-corrected chi connectivity index (χ4v) is 27.7. The fraction of sp³-hybridized carbons (Fsp3) is 0.0222. The second-order valence-corrected chi connectivity index (χ2v) is 40.6. The molecule has 15 heteroatoms. The quantitative estimate of drug-likeness (QED) is 0.155. The molecule has 8 aromatic heterocycles. The average Bonchev–Trinajstić information content (AvgIpc) is 1.65. The molecule has 15 nitrogen and oxygen atoms in total. The molecule has 0 bridgehead atoms. The maximum atomic E-state index is 6.85. The van der Waals surface area contributed by atoms with Crippen molar-refractivity contribution in [3.8, 4) is 141 Å². The molecule has 3 atom stereocenters. The van der Waals surface area contributed by atoms with Crippen LogP contribution in [0.2, 0.25) is 0 Å². The summed E-state index contributed by atoms with van der Waals surface area (Å²) in [6.07, 6.45) is 20.5. The molecular weight excluding hydrogens is 1840 g/mol. The van der Waals surface area contributed by atoms with Crippen molar-refractivity contribution in [1.29, 1.82) is 0 Å². The van der Waals surface area contributed by atoms with Gasteiger partial charge in [0.2, 0.25) is 18.6 Å². The van der Waals surface area contributed by atoms with Gasteiger partial charge in [0, 0.05) is 28.3 Å². The first-order chi connectivity index (χ1) is 74.4. The number of fused-ring (bicyclic) bond motifs is 22. The molecule has 694 valence electrons. The predicted octanol–water partition coefficient (Wildman–Crippen LogP) is 28.2. The summed E-state index contributed by atoms with van der Waals surface area (Å²) in [4.78, 5) is 0. The Kier molecular flexibility index (Phi) is 15.6. The van der Waals surface area contributed by atoms with Gasteiger partial charge in [-0.05, 0) is 241 Å². The highest BCUT2D eigenvalue weighted by Crippen LogP contribution is 2.61. The van der Waals surface area contributed by atoms with Gasteiger partial charge in [-0.3, -0.25) is 0 Å². The van der Waals surface area contributed by atoms with Gasteiger partial charge in [-0.1, -0.05) is 311 Å². The van der Waals surface area contributed by atoms with E-state index < -0.39 is 17.0 Å². The molecule has 3 unspecified atom stereocenters. The van der Waals surface area contributed by atoms with Crippen LogP contribution in [0.25, 0.3) is 204 Å². The Morgan fingerprint density at radius 2 is 0.513 bits per heavy atom. The molecule has 0 amide bonds. The van der Waals surface area contributed by atoms with Crippen LogP contribution in [0, 0.1) is 0 Å². The Labute approximate surface area is 856 Å². The Morgan fingerprint density at radius 3 is 0.993 bits per heavy atom. The number of pyridine rings is 3. The van der Waals surface area contributed by atoms with Crippen molar-refractivity contribution < 1.29 is 46.7 Å². The fourth-order valence-electron chi connectivity index (χ4n) is 27.7. The SMILES string of the molecule is c1cc2c3c(c1)-n1c4ccccc4c4ccc[n+](c41)C31c3c(cccc3-n3cc(-c4ccc(-c5cccc6ccccc56)c5ccccc45)c[n+]31)O2.c1cc2c3c(c1)-n1cc(-c4ccc(-c5cccc6ccccc56)c5ccccc45)c[n+]1C31c3c(ccc4c5ccccc5n(c34)-c3cccc[n+]31)O2.c1cc2c3c(c1)Oc1cccc[n+]1C31c3c(cccc3-n3cc(-c4ccc(-c5cccc6ccccc56)c5ccccc45)c[n+]31)O2. The highest BCUT2D eigenvalue weighted by molar-refractivity contribution is 6.16. The third-order valence-corrected chi connectivity index (χ3v) is 33.5. The zero-order valence-electron chi connectivity index (χ0n) is 80.3. The van der Waals surface area contributed by atoms with Gasteiger partial charge in [-0.2, -0.15) is 18.3 Å². The average molecular weight is 1920 g/mol. The van der Waals surface area contributed by atoms with Crippen LogP contribution in [0.5, 0.6) is 46.1 Å². The van der Waals surface area contributed by atoms with E-state index in [4.69, 9.17) is 18.9 Å². The number of para-hydroxylation sites is 2. The maximum absolute atomic E-state index is 6.85. The van der Waals surface area contributed by atoms with E-state index in [1.54, 1.807) is 0 Å². The number of aromatic nitrogens is 11. The van der Waals surface area contributed by atoms with E-state index in [1.165, 1.54) is 158 Å². The number of benzene rings is 20. The smallest absolute Gasteiger partial charge is 0.452 e. The van der Waals surface area contributed by atoms with Crippen molar-refractivity contribution in [2.75, 3.05) is 0 Å². The first-order valence-electron chi connectivity index (χ1n) is 51.3. The van der Waals surface area contributed by atoms with Crippen LogP contribution < -0.4 is 46.7 Å². The van der Waals surface area contributed by atoms with Crippen molar-refractivity contribution in [3.63, 3.8) is 0 Å². The standard InChI is InChI=1S/2C47H28N4O.C41H25N3O2/c1-2-13-31-29(11-1)12-7-17-34(31)36-25-24-32(33-14-3-4-15-35(33)36)30-27-49-40-20-8-22-42-44(40)47(50(49)28-30)45-41(21-9-23-43(45)52-42)51-39-19-6-5-16-37(39)38-18-10-26-48(47)46(38)51;1-2-13-31-29(11-1)12-9-17-34(31)36-23-22-32(33-14-3-4-15-35(33)36)30-27-49-40-19-10-20-41-44(40)47(50(49)28-30)45-42(52-41)25-24-38-37-16-5-6-18-39(37)51(46(38)45)43-21-7-8-26-48(43)47;1-2-12-28-26(10-1)11-7-15-31(28)33-22-21-29(30-13-3-4-14-32(30)33)27-24-43-34-16-8-17-35-39(34)41(44(43)25-27)40-36(45-35)18-9-19-37(40)46-38-20-5-6-23-42(38)41/h2*1-28H;1-25H/q3*+2. The number of nitrogens with zero attached hydrogens (tertiary/aromatic N) is 11. The van der Waals surface area contributed by atoms with E-state index in [2.05, 4.69) is 513 Å². The molecule has 0 N–H and O–H groups in total. The summed E-state index contributed by atoms with van der Waals surface area (Å²) in [5, 5.41) is 19.9. The zero-order valence-corrected chi connectivity index (χ0v) is 80.3. The second-order valence-electron chi connectivity index (χ2n) is 40.6. The number of ether oxygens (including phenoxy) is 4. The van der Waals surface area contributed by atoms with Gasteiger partial charge >= 0.3 is 28.5 Å². The lowest BCUT2D eigenvalue weighted by atomic mass is 9.84. The van der Waals surface area contributed by atoms with E-state index in [9.17, 15) is 0 Å². The van der Waals surface area contributed by atoms with E-state index in [0.717, 1.165) is 125 Å². The van der Waals surface area contributed by atoms with Gasteiger partial charge < -0.3 is 18.9 Å². The van der Waals surface area contributed by atoms with Crippen molar-refractivity contribution in [3.05, 3.63) is 526 Å². The van der Waals surface area contributed by atoms with Crippen molar-refractivity contribution in [1.82, 2.24) is 23.2 Å². The number of hydrogen-bond donors (Lipinski definition) is 0. The molecule has 150 heavy (non-hydrogen) atoms. The summed E-state index contributed by atoms with van der Waals surface area (Å²) in [5.41, 5.74) is 28.4. The monoisotopic (exact) mass is 1920 g/mol. The number of hydrogen-bond acceptors (Lipinski definition) is 4. The molecule has 17 heterocycles. The summed E-state index contributed by atoms with van der Waals surface area (Å²) in [7, 11) is 0. The third-order valence-electron chi connectivity index (χ3n) is 33.5. The van der Waals surface area contributed by atoms with Crippen molar-refractivity contribution in [2.45, 2.75) is 17.0 Å². The molecular formula is C135H81N11O4+6. The van der Waals surface area contributed by atoms with Gasteiger partial charge in [0.15, 0.2) is 45.4 Å². The minimum atomic E-state index is -0.720. The molecule has 0 radical (unpaired) electrons. The lowest BCUT2D eigenvalue weighted by molar-refractivity contribution is -0.997. The summed E-state index contributed by atoms with van der Waals surface area (Å²) >= 11 is 0. The molecule has 28 aromatic rings. The van der Waals surface area contributed by atoms with Crippen LogP contribution in [0.1, 0.15) is 33.4 Å². The third kappa shape index (κ3) is 10.1.